The van der Waals surface area contributed by atoms with Gasteiger partial charge in [-0.25, -0.2) is 4.98 Å². The summed E-state index contributed by atoms with van der Waals surface area (Å²) >= 11 is 1.69. The first-order valence-electron chi connectivity index (χ1n) is 3.51. The molecule has 0 spiro atoms. The van der Waals surface area contributed by atoms with E-state index in [0.29, 0.717) is 6.61 Å². The predicted octanol–water partition coefficient (Wildman–Crippen LogP) is 1.97. The molecule has 0 aromatic carbocycles. The molecule has 2 nitrogen and oxygen atoms in total. The first kappa shape index (κ1) is 8.68. The van der Waals surface area contributed by atoms with Gasteiger partial charge in [-0.05, 0) is 20.3 Å². The van der Waals surface area contributed by atoms with E-state index in [-0.39, 0.29) is 0 Å². The van der Waals surface area contributed by atoms with Crippen molar-refractivity contribution in [2.24, 2.45) is 0 Å². The maximum atomic E-state index is 4.97. The quantitative estimate of drug-likeness (QED) is 0.692. The van der Waals surface area contributed by atoms with Crippen molar-refractivity contribution in [2.75, 3.05) is 7.11 Å². The molecule has 0 bridgehead atoms. The predicted molar refractivity (Wildman–Crippen MR) is 46.6 cm³/mol. The smallest absolute Gasteiger partial charge is 0.119 e. The van der Waals surface area contributed by atoms with Gasteiger partial charge in [-0.1, -0.05) is 0 Å². The van der Waals surface area contributed by atoms with Crippen LogP contribution < -0.4 is 0 Å². The van der Waals surface area contributed by atoms with Gasteiger partial charge < -0.3 is 4.74 Å². The van der Waals surface area contributed by atoms with E-state index in [1.807, 2.05) is 6.92 Å². The lowest BCUT2D eigenvalue weighted by molar-refractivity contribution is 0.184. The Kier molecular flexibility index (Phi) is 3.02. The molecular weight excluding hydrogens is 158 g/mol. The molecule has 0 N–H and O–H groups in total. The van der Waals surface area contributed by atoms with Crippen molar-refractivity contribution in [3.8, 4) is 0 Å². The topological polar surface area (TPSA) is 22.1 Å². The zero-order chi connectivity index (χ0) is 8.27. The Balaban J connectivity index is 2.77. The lowest BCUT2D eigenvalue weighted by atomic mass is 10.3. The normalized spacial score (nSPS) is 10.5. The van der Waals surface area contributed by atoms with Crippen LogP contribution in [0.25, 0.3) is 0 Å². The van der Waals surface area contributed by atoms with Crippen LogP contribution in [0.4, 0.5) is 0 Å². The van der Waals surface area contributed by atoms with E-state index in [1.54, 1.807) is 18.4 Å². The third kappa shape index (κ3) is 2.01. The van der Waals surface area contributed by atoms with Gasteiger partial charge in [0.1, 0.15) is 5.01 Å². The molecule has 1 radical (unpaired) electrons. The summed E-state index contributed by atoms with van der Waals surface area (Å²) in [5.41, 5.74) is 1.09. The van der Waals surface area contributed by atoms with Crippen molar-refractivity contribution in [1.82, 2.24) is 4.98 Å². The van der Waals surface area contributed by atoms with E-state index in [1.165, 1.54) is 4.88 Å². The fourth-order valence-electron chi connectivity index (χ4n) is 0.905. The monoisotopic (exact) mass is 170 g/mol. The molecule has 0 aliphatic heterocycles. The zero-order valence-electron chi connectivity index (χ0n) is 6.89. The van der Waals surface area contributed by atoms with Crippen LogP contribution in [0.2, 0.25) is 0 Å². The summed E-state index contributed by atoms with van der Waals surface area (Å²) in [5.74, 6) is 0. The average Bonchev–Trinajstić information content (AvgIpc) is 2.32. The molecule has 0 fully saturated rings. The lowest BCUT2D eigenvalue weighted by Crippen LogP contribution is -1.85. The highest BCUT2D eigenvalue weighted by atomic mass is 32.1. The van der Waals surface area contributed by atoms with E-state index in [2.05, 4.69) is 11.9 Å². The number of hydrogen-bond acceptors (Lipinski definition) is 3. The Morgan fingerprint density at radius 2 is 2.36 bits per heavy atom. The average molecular weight is 170 g/mol. The largest absolute Gasteiger partial charge is 0.378 e. The van der Waals surface area contributed by atoms with Crippen LogP contribution in [-0.2, 0) is 17.8 Å². The fourth-order valence-corrected chi connectivity index (χ4v) is 1.84. The number of methoxy groups -OCH3 is 1. The van der Waals surface area contributed by atoms with E-state index >= 15 is 0 Å². The third-order valence-electron chi connectivity index (χ3n) is 1.43. The molecule has 0 atom stereocenters. The van der Waals surface area contributed by atoms with Crippen LogP contribution in [0, 0.1) is 13.8 Å². The maximum absolute atomic E-state index is 4.97. The summed E-state index contributed by atoms with van der Waals surface area (Å²) in [5, 5.41) is 1.05. The molecule has 1 heterocycles. The van der Waals surface area contributed by atoms with Crippen molar-refractivity contribution < 1.29 is 4.74 Å². The van der Waals surface area contributed by atoms with Crippen molar-refractivity contribution in [1.29, 1.82) is 0 Å². The summed E-state index contributed by atoms with van der Waals surface area (Å²) in [6.45, 7) is 6.45. The van der Waals surface area contributed by atoms with Crippen LogP contribution in [-0.4, -0.2) is 12.1 Å². The zero-order valence-corrected chi connectivity index (χ0v) is 7.70. The summed E-state index contributed by atoms with van der Waals surface area (Å²) in [4.78, 5) is 5.59. The molecule has 3 heteroatoms. The van der Waals surface area contributed by atoms with Gasteiger partial charge in [0.15, 0.2) is 0 Å². The van der Waals surface area contributed by atoms with Gasteiger partial charge in [-0.2, -0.15) is 0 Å². The second-order valence-electron chi connectivity index (χ2n) is 2.30. The second kappa shape index (κ2) is 3.83. The standard InChI is InChI=1S/C8H12NOS/c1-4-7-6(2)9-8(11-7)5-10-3/h1,4-5H2,2-3H3. The minimum Gasteiger partial charge on any atom is -0.378 e. The van der Waals surface area contributed by atoms with E-state index in [9.17, 15) is 0 Å². The van der Waals surface area contributed by atoms with Crippen molar-refractivity contribution in [2.45, 2.75) is 20.0 Å². The number of aryl methyl sites for hydroxylation is 1. The molecule has 11 heavy (non-hydrogen) atoms. The van der Waals surface area contributed by atoms with E-state index < -0.39 is 0 Å². The molecule has 0 aliphatic carbocycles. The molecule has 1 rings (SSSR count). The van der Waals surface area contributed by atoms with Gasteiger partial charge in [0.05, 0.1) is 12.3 Å². The Morgan fingerprint density at radius 3 is 2.82 bits per heavy atom. The number of hydrogen-bond donors (Lipinski definition) is 0. The van der Waals surface area contributed by atoms with Crippen LogP contribution in [0.5, 0.6) is 0 Å². The maximum Gasteiger partial charge on any atom is 0.119 e. The summed E-state index contributed by atoms with van der Waals surface area (Å²) in [6, 6.07) is 0. The van der Waals surface area contributed by atoms with Crippen LogP contribution in [0.3, 0.4) is 0 Å². The number of rotatable bonds is 3. The summed E-state index contributed by atoms with van der Waals surface area (Å²) in [7, 11) is 1.68. The van der Waals surface area contributed by atoms with Crippen molar-refractivity contribution >= 4 is 11.3 Å². The first-order chi connectivity index (χ1) is 5.27. The van der Waals surface area contributed by atoms with Gasteiger partial charge in [-0.15, -0.1) is 11.3 Å². The minimum atomic E-state index is 0.617. The van der Waals surface area contributed by atoms with Crippen LogP contribution in [0.1, 0.15) is 15.6 Å². The van der Waals surface area contributed by atoms with Crippen LogP contribution >= 0.6 is 11.3 Å². The number of aromatic nitrogens is 1. The Bertz CT molecular complexity index is 232. The minimum absolute atomic E-state index is 0.617. The van der Waals surface area contributed by atoms with Gasteiger partial charge >= 0.3 is 0 Å². The van der Waals surface area contributed by atoms with E-state index in [0.717, 1.165) is 17.1 Å². The molecule has 0 amide bonds. The lowest BCUT2D eigenvalue weighted by Gasteiger charge is -1.88. The SMILES string of the molecule is [CH2]Cc1sc(COC)nc1C. The Labute approximate surface area is 71.2 Å². The molecule has 1 aromatic rings. The molecular formula is C8H12NOS. The van der Waals surface area contributed by atoms with Gasteiger partial charge in [0, 0.05) is 12.0 Å². The summed E-state index contributed by atoms with van der Waals surface area (Å²) in [6.07, 6.45) is 0.827. The molecule has 0 saturated heterocycles. The second-order valence-corrected chi connectivity index (χ2v) is 3.47. The number of nitrogens with zero attached hydrogens (tertiary/aromatic N) is 1. The van der Waals surface area contributed by atoms with Crippen LogP contribution in [0.15, 0.2) is 0 Å². The first-order valence-corrected chi connectivity index (χ1v) is 4.33. The number of ether oxygens (including phenoxy) is 1. The third-order valence-corrected chi connectivity index (χ3v) is 2.62. The molecule has 1 aromatic heterocycles. The van der Waals surface area contributed by atoms with Gasteiger partial charge in [0.2, 0.25) is 0 Å². The van der Waals surface area contributed by atoms with Crippen molar-refractivity contribution in [3.05, 3.63) is 22.5 Å². The molecule has 0 unspecified atom stereocenters. The highest BCUT2D eigenvalue weighted by Gasteiger charge is 2.04. The van der Waals surface area contributed by atoms with Crippen molar-refractivity contribution in [3.63, 3.8) is 0 Å². The highest BCUT2D eigenvalue weighted by molar-refractivity contribution is 7.11. The van der Waals surface area contributed by atoms with Gasteiger partial charge in [-0.3, -0.25) is 0 Å². The highest BCUT2D eigenvalue weighted by Crippen LogP contribution is 2.18. The number of thiazole rings is 1. The molecule has 0 saturated carbocycles. The molecule has 61 valence electrons. The van der Waals surface area contributed by atoms with E-state index in [4.69, 9.17) is 4.74 Å². The molecule has 0 aliphatic rings. The Morgan fingerprint density at radius 1 is 1.64 bits per heavy atom. The van der Waals surface area contributed by atoms with Gasteiger partial charge in [0.25, 0.3) is 0 Å². The Hall–Kier alpha value is -0.410. The fraction of sp³-hybridized carbons (Fsp3) is 0.500. The summed E-state index contributed by atoms with van der Waals surface area (Å²) < 4.78 is 4.97.